The standard InChI is InChI=1S/C11H8BrN5/c12-8-3-1-2-4-9(8)17-11-7(5-16-17)10(13)14-6-15-11/h1-6H,(H2,13,14,15). The van der Waals surface area contributed by atoms with Crippen molar-refractivity contribution in [2.75, 3.05) is 5.73 Å². The van der Waals surface area contributed by atoms with E-state index in [9.17, 15) is 0 Å². The molecule has 0 aliphatic rings. The number of aromatic nitrogens is 4. The van der Waals surface area contributed by atoms with Crippen LogP contribution in [-0.4, -0.2) is 19.7 Å². The Balaban J connectivity index is 2.33. The van der Waals surface area contributed by atoms with Crippen LogP contribution in [0.2, 0.25) is 0 Å². The summed E-state index contributed by atoms with van der Waals surface area (Å²) < 4.78 is 2.68. The van der Waals surface area contributed by atoms with Gasteiger partial charge < -0.3 is 5.73 Å². The third-order valence-electron chi connectivity index (χ3n) is 2.48. The number of anilines is 1. The van der Waals surface area contributed by atoms with Gasteiger partial charge >= 0.3 is 0 Å². The third kappa shape index (κ3) is 1.57. The number of rotatable bonds is 1. The Labute approximate surface area is 105 Å². The lowest BCUT2D eigenvalue weighted by Gasteiger charge is -2.04. The summed E-state index contributed by atoms with van der Waals surface area (Å²) in [5, 5.41) is 5.04. The highest BCUT2D eigenvalue weighted by Gasteiger charge is 2.10. The van der Waals surface area contributed by atoms with Gasteiger partial charge in [-0.1, -0.05) is 12.1 Å². The molecule has 3 aromatic rings. The van der Waals surface area contributed by atoms with Gasteiger partial charge in [-0.3, -0.25) is 0 Å². The maximum atomic E-state index is 5.77. The summed E-state index contributed by atoms with van der Waals surface area (Å²) in [5.41, 5.74) is 7.39. The monoisotopic (exact) mass is 289 g/mol. The van der Waals surface area contributed by atoms with Gasteiger partial charge in [-0.2, -0.15) is 5.10 Å². The van der Waals surface area contributed by atoms with Gasteiger partial charge in [0.05, 0.1) is 17.3 Å². The van der Waals surface area contributed by atoms with Crippen LogP contribution in [0.5, 0.6) is 0 Å². The van der Waals surface area contributed by atoms with Crippen LogP contribution in [0.15, 0.2) is 41.3 Å². The largest absolute Gasteiger partial charge is 0.383 e. The van der Waals surface area contributed by atoms with Crippen LogP contribution >= 0.6 is 15.9 Å². The number of nitrogens with zero attached hydrogens (tertiary/aromatic N) is 4. The van der Waals surface area contributed by atoms with Crippen molar-refractivity contribution in [2.45, 2.75) is 0 Å². The maximum Gasteiger partial charge on any atom is 0.168 e. The predicted molar refractivity (Wildman–Crippen MR) is 68.8 cm³/mol. The molecular formula is C11H8BrN5. The van der Waals surface area contributed by atoms with E-state index in [2.05, 4.69) is 31.0 Å². The number of hydrogen-bond donors (Lipinski definition) is 1. The van der Waals surface area contributed by atoms with Gasteiger partial charge in [-0.25, -0.2) is 14.6 Å². The van der Waals surface area contributed by atoms with Crippen LogP contribution < -0.4 is 5.73 Å². The Kier molecular flexibility index (Phi) is 2.29. The summed E-state index contributed by atoms with van der Waals surface area (Å²) in [5.74, 6) is 0.438. The summed E-state index contributed by atoms with van der Waals surface area (Å²) in [4.78, 5) is 8.15. The zero-order valence-corrected chi connectivity index (χ0v) is 10.3. The SMILES string of the molecule is Nc1ncnc2c1cnn2-c1ccccc1Br. The van der Waals surface area contributed by atoms with E-state index >= 15 is 0 Å². The predicted octanol–water partition coefficient (Wildman–Crippen LogP) is 2.16. The van der Waals surface area contributed by atoms with E-state index in [-0.39, 0.29) is 0 Å². The fraction of sp³-hybridized carbons (Fsp3) is 0. The summed E-state index contributed by atoms with van der Waals surface area (Å²) in [7, 11) is 0. The van der Waals surface area contributed by atoms with Crippen LogP contribution in [0, 0.1) is 0 Å². The summed E-state index contributed by atoms with van der Waals surface area (Å²) in [6, 6.07) is 7.79. The second kappa shape index (κ2) is 3.81. The molecule has 0 unspecified atom stereocenters. The first-order chi connectivity index (χ1) is 8.27. The molecule has 0 bridgehead atoms. The van der Waals surface area contributed by atoms with E-state index in [1.165, 1.54) is 6.33 Å². The molecule has 2 aromatic heterocycles. The van der Waals surface area contributed by atoms with Crippen LogP contribution in [0.4, 0.5) is 5.82 Å². The maximum absolute atomic E-state index is 5.77. The van der Waals surface area contributed by atoms with Crippen molar-refractivity contribution in [3.05, 3.63) is 41.3 Å². The number of benzene rings is 1. The lowest BCUT2D eigenvalue weighted by molar-refractivity contribution is 0.891. The van der Waals surface area contributed by atoms with Crippen molar-refractivity contribution < 1.29 is 0 Å². The summed E-state index contributed by atoms with van der Waals surface area (Å²) >= 11 is 3.49. The van der Waals surface area contributed by atoms with Crippen molar-refractivity contribution in [3.8, 4) is 5.69 Å². The van der Waals surface area contributed by atoms with Gasteiger partial charge in [0.15, 0.2) is 5.65 Å². The first-order valence-electron chi connectivity index (χ1n) is 4.96. The number of nitrogen functional groups attached to an aromatic ring is 1. The van der Waals surface area contributed by atoms with Gasteiger partial charge in [0, 0.05) is 4.47 Å². The van der Waals surface area contributed by atoms with Crippen molar-refractivity contribution in [1.29, 1.82) is 0 Å². The minimum atomic E-state index is 0.438. The quantitative estimate of drug-likeness (QED) is 0.745. The van der Waals surface area contributed by atoms with E-state index in [1.807, 2.05) is 24.3 Å². The Bertz CT molecular complexity index is 691. The fourth-order valence-electron chi connectivity index (χ4n) is 1.66. The second-order valence-corrected chi connectivity index (χ2v) is 4.36. The highest BCUT2D eigenvalue weighted by molar-refractivity contribution is 9.10. The topological polar surface area (TPSA) is 69.6 Å². The van der Waals surface area contributed by atoms with E-state index in [0.717, 1.165) is 15.5 Å². The molecule has 6 heteroatoms. The van der Waals surface area contributed by atoms with E-state index in [1.54, 1.807) is 10.9 Å². The molecule has 0 amide bonds. The summed E-state index contributed by atoms with van der Waals surface area (Å²) in [6.45, 7) is 0. The molecule has 0 aliphatic carbocycles. The highest BCUT2D eigenvalue weighted by atomic mass is 79.9. The van der Waals surface area contributed by atoms with E-state index in [0.29, 0.717) is 11.5 Å². The number of para-hydroxylation sites is 1. The van der Waals surface area contributed by atoms with Crippen molar-refractivity contribution in [2.24, 2.45) is 0 Å². The minimum absolute atomic E-state index is 0.438. The molecule has 2 N–H and O–H groups in total. The molecule has 0 radical (unpaired) electrons. The Morgan fingerprint density at radius 1 is 1.18 bits per heavy atom. The van der Waals surface area contributed by atoms with Crippen LogP contribution in [0.1, 0.15) is 0 Å². The third-order valence-corrected chi connectivity index (χ3v) is 3.15. The zero-order valence-electron chi connectivity index (χ0n) is 8.71. The molecule has 0 saturated heterocycles. The Hall–Kier alpha value is -1.95. The van der Waals surface area contributed by atoms with Gasteiger partial charge in [-0.05, 0) is 28.1 Å². The number of fused-ring (bicyclic) bond motifs is 1. The number of halogens is 1. The molecule has 2 heterocycles. The van der Waals surface area contributed by atoms with E-state index in [4.69, 9.17) is 5.73 Å². The molecule has 3 rings (SSSR count). The van der Waals surface area contributed by atoms with Gasteiger partial charge in [0.1, 0.15) is 12.1 Å². The molecule has 0 aliphatic heterocycles. The molecule has 0 saturated carbocycles. The molecular weight excluding hydrogens is 282 g/mol. The molecule has 17 heavy (non-hydrogen) atoms. The van der Waals surface area contributed by atoms with Crippen molar-refractivity contribution in [3.63, 3.8) is 0 Å². The van der Waals surface area contributed by atoms with Crippen molar-refractivity contribution in [1.82, 2.24) is 19.7 Å². The first kappa shape index (κ1) is 10.2. The molecule has 1 aromatic carbocycles. The Morgan fingerprint density at radius 3 is 2.82 bits per heavy atom. The smallest absolute Gasteiger partial charge is 0.168 e. The summed E-state index contributed by atoms with van der Waals surface area (Å²) in [6.07, 6.45) is 3.11. The Morgan fingerprint density at radius 2 is 2.00 bits per heavy atom. The highest BCUT2D eigenvalue weighted by Crippen LogP contribution is 2.24. The number of nitrogens with two attached hydrogens (primary N) is 1. The average molecular weight is 290 g/mol. The van der Waals surface area contributed by atoms with Gasteiger partial charge in [0.2, 0.25) is 0 Å². The van der Waals surface area contributed by atoms with Crippen LogP contribution in [0.25, 0.3) is 16.7 Å². The number of hydrogen-bond acceptors (Lipinski definition) is 4. The lowest BCUT2D eigenvalue weighted by Crippen LogP contribution is -1.99. The molecule has 0 fully saturated rings. The molecule has 0 atom stereocenters. The first-order valence-corrected chi connectivity index (χ1v) is 5.76. The molecule has 5 nitrogen and oxygen atoms in total. The average Bonchev–Trinajstić information content (AvgIpc) is 2.75. The van der Waals surface area contributed by atoms with Crippen molar-refractivity contribution >= 4 is 32.8 Å². The van der Waals surface area contributed by atoms with Crippen LogP contribution in [0.3, 0.4) is 0 Å². The second-order valence-electron chi connectivity index (χ2n) is 3.50. The minimum Gasteiger partial charge on any atom is -0.383 e. The fourth-order valence-corrected chi connectivity index (χ4v) is 2.11. The zero-order chi connectivity index (χ0) is 11.8. The van der Waals surface area contributed by atoms with Gasteiger partial charge in [0.25, 0.3) is 0 Å². The molecule has 0 spiro atoms. The van der Waals surface area contributed by atoms with Gasteiger partial charge in [-0.15, -0.1) is 0 Å². The van der Waals surface area contributed by atoms with Crippen LogP contribution in [-0.2, 0) is 0 Å². The molecule has 84 valence electrons. The normalized spacial score (nSPS) is 10.9. The van der Waals surface area contributed by atoms with E-state index < -0.39 is 0 Å². The lowest BCUT2D eigenvalue weighted by atomic mass is 10.3.